The average Bonchev–Trinajstić information content (AvgIpc) is 3.13. The van der Waals surface area contributed by atoms with E-state index in [9.17, 15) is 34.7 Å². The van der Waals surface area contributed by atoms with Crippen LogP contribution in [0.4, 0.5) is 0 Å². The predicted octanol–water partition coefficient (Wildman–Crippen LogP) is 1.95. The molecule has 0 bridgehead atoms. The highest BCUT2D eigenvalue weighted by atomic mass is 31.2. The fourth-order valence-electron chi connectivity index (χ4n) is 3.99. The van der Waals surface area contributed by atoms with E-state index in [2.05, 4.69) is 15.1 Å². The van der Waals surface area contributed by atoms with Crippen molar-refractivity contribution in [1.82, 2.24) is 14.6 Å². The second-order valence-electron chi connectivity index (χ2n) is 9.97. The number of aromatic nitrogens is 2. The number of carbonyl (C=O) groups is 1. The zero-order valence-electron chi connectivity index (χ0n) is 22.8. The van der Waals surface area contributed by atoms with E-state index in [1.54, 1.807) is 32.0 Å². The fourth-order valence-corrected chi connectivity index (χ4v) is 5.52. The van der Waals surface area contributed by atoms with Gasteiger partial charge in [-0.25, -0.2) is 9.36 Å². The number of hydrogen-bond acceptors (Lipinski definition) is 11. The highest BCUT2D eigenvalue weighted by Crippen LogP contribution is 2.48. The molecule has 6 atom stereocenters. The third-order valence-electron chi connectivity index (χ3n) is 5.81. The van der Waals surface area contributed by atoms with Gasteiger partial charge in [0.1, 0.15) is 24.0 Å². The molecule has 0 saturated carbocycles. The lowest BCUT2D eigenvalue weighted by molar-refractivity contribution is -0.150. The summed E-state index contributed by atoms with van der Waals surface area (Å²) >= 11 is 0. The quantitative estimate of drug-likeness (QED) is 0.0859. The number of aliphatic hydroxyl groups is 2. The number of ether oxygens (including phenoxy) is 2. The van der Waals surface area contributed by atoms with Gasteiger partial charge in [0, 0.05) is 17.2 Å². The van der Waals surface area contributed by atoms with Gasteiger partial charge >= 0.3 is 19.4 Å². The Hall–Kier alpha value is -3.49. The topological polar surface area (TPSA) is 227 Å². The number of aliphatic hydroxyl groups excluding tert-OH is 2. The second kappa shape index (κ2) is 13.4. The summed E-state index contributed by atoms with van der Waals surface area (Å²) in [6.07, 6.45) is -4.78. The van der Waals surface area contributed by atoms with Crippen molar-refractivity contribution in [2.75, 3.05) is 6.61 Å². The van der Waals surface area contributed by atoms with Gasteiger partial charge in [-0.1, -0.05) is 37.2 Å². The monoisotopic (exact) mass is 596 g/mol. The maximum absolute atomic E-state index is 14.1. The van der Waals surface area contributed by atoms with Gasteiger partial charge in [-0.2, -0.15) is 5.09 Å². The molecule has 1 aliphatic rings. The molecule has 17 heteroatoms. The van der Waals surface area contributed by atoms with Crippen molar-refractivity contribution in [3.8, 4) is 5.75 Å². The van der Waals surface area contributed by atoms with E-state index in [0.29, 0.717) is 0 Å². The molecule has 3 rings (SSSR count). The van der Waals surface area contributed by atoms with Crippen LogP contribution in [0.2, 0.25) is 0 Å². The van der Waals surface area contributed by atoms with E-state index in [-0.39, 0.29) is 18.1 Å². The lowest BCUT2D eigenvalue weighted by atomic mass is 10.0. The van der Waals surface area contributed by atoms with E-state index < -0.39 is 67.9 Å². The summed E-state index contributed by atoms with van der Waals surface area (Å²) in [5.41, 5.74) is 5.13. The molecule has 1 unspecified atom stereocenters. The number of azide groups is 1. The van der Waals surface area contributed by atoms with Gasteiger partial charge in [-0.15, -0.1) is 0 Å². The van der Waals surface area contributed by atoms with Crippen LogP contribution in [0.5, 0.6) is 5.75 Å². The molecular formula is C24H33N6O10P. The van der Waals surface area contributed by atoms with Crippen molar-refractivity contribution in [1.29, 1.82) is 0 Å². The van der Waals surface area contributed by atoms with Crippen molar-refractivity contribution < 1.29 is 38.1 Å². The Morgan fingerprint density at radius 1 is 1.24 bits per heavy atom. The third-order valence-corrected chi connectivity index (χ3v) is 7.36. The number of hydrogen-bond donors (Lipinski definition) is 4. The molecule has 1 aromatic carbocycles. The first-order valence-corrected chi connectivity index (χ1v) is 14.2. The van der Waals surface area contributed by atoms with E-state index in [1.807, 2.05) is 18.8 Å². The van der Waals surface area contributed by atoms with Gasteiger partial charge in [-0.3, -0.25) is 23.7 Å². The molecule has 4 N–H and O–H groups in total. The van der Waals surface area contributed by atoms with Crippen LogP contribution < -0.4 is 20.9 Å². The lowest BCUT2D eigenvalue weighted by Gasteiger charge is -2.30. The van der Waals surface area contributed by atoms with Crippen molar-refractivity contribution in [3.63, 3.8) is 0 Å². The number of aromatic amines is 1. The zero-order valence-corrected chi connectivity index (χ0v) is 23.7. The Morgan fingerprint density at radius 3 is 2.51 bits per heavy atom. The molecule has 1 aliphatic heterocycles. The fraction of sp³-hybridized carbons (Fsp3) is 0.542. The van der Waals surface area contributed by atoms with Gasteiger partial charge in [0.05, 0.1) is 12.7 Å². The number of nitrogens with one attached hydrogen (secondary N) is 2. The first-order valence-electron chi connectivity index (χ1n) is 12.7. The zero-order chi connectivity index (χ0) is 30.4. The lowest BCUT2D eigenvalue weighted by Crippen LogP contribution is -2.46. The molecule has 2 aromatic rings. The van der Waals surface area contributed by atoms with Crippen LogP contribution in [-0.4, -0.2) is 62.4 Å². The highest BCUT2D eigenvalue weighted by molar-refractivity contribution is 7.52. The SMILES string of the molecule is CC(C)C[C@H](NP(=O)(OC[C@@]1(N=[N+]=[N-])O[C@@H](n2ccc(=O)[nH]c2=O)[C@H](O)[C@@H]1O)Oc1ccccc1)C(=O)OC(C)C. The minimum atomic E-state index is -4.55. The molecule has 0 amide bonds. The molecule has 1 fully saturated rings. The van der Waals surface area contributed by atoms with Gasteiger partial charge in [0.25, 0.3) is 5.56 Å². The summed E-state index contributed by atoms with van der Waals surface area (Å²) in [6.45, 7) is 6.01. The first kappa shape index (κ1) is 32.0. The number of rotatable bonds is 13. The van der Waals surface area contributed by atoms with Crippen LogP contribution >= 0.6 is 7.75 Å². The number of H-pyrrole nitrogens is 1. The van der Waals surface area contributed by atoms with Crippen LogP contribution in [-0.2, 0) is 23.4 Å². The molecule has 0 aliphatic carbocycles. The van der Waals surface area contributed by atoms with E-state index in [0.717, 1.165) is 16.8 Å². The standard InChI is InChI=1S/C24H33N6O10P/c1-14(2)12-17(22(34)38-15(3)4)27-41(36,40-16-8-6-5-7-9-16)37-13-24(28-29-25)20(33)19(32)21(39-24)30-11-10-18(31)26-23(30)35/h5-11,14-15,17,19-21,32-33H,12-13H2,1-4H3,(H,27,36)(H,26,31,35)/t17-,19+,20-,21+,24+,41?/m0/s1. The van der Waals surface area contributed by atoms with Gasteiger partial charge in [0.2, 0.25) is 5.72 Å². The van der Waals surface area contributed by atoms with E-state index >= 15 is 0 Å². The number of nitrogens with zero attached hydrogens (tertiary/aromatic N) is 4. The molecule has 0 spiro atoms. The van der Waals surface area contributed by atoms with Gasteiger partial charge in [0.15, 0.2) is 6.23 Å². The van der Waals surface area contributed by atoms with Crippen LogP contribution in [0.1, 0.15) is 40.3 Å². The van der Waals surface area contributed by atoms with Gasteiger partial charge in [-0.05, 0) is 43.9 Å². The summed E-state index contributed by atoms with van der Waals surface area (Å²) in [5, 5.41) is 27.6. The van der Waals surface area contributed by atoms with Crippen molar-refractivity contribution in [3.05, 3.63) is 73.9 Å². The van der Waals surface area contributed by atoms with Crippen LogP contribution in [0.15, 0.2) is 57.3 Å². The maximum atomic E-state index is 14.1. The highest BCUT2D eigenvalue weighted by Gasteiger charge is 2.56. The number of benzene rings is 1. The van der Waals surface area contributed by atoms with Crippen molar-refractivity contribution in [2.45, 2.75) is 70.4 Å². The van der Waals surface area contributed by atoms with Crippen LogP contribution in [0.25, 0.3) is 10.4 Å². The summed E-state index contributed by atoms with van der Waals surface area (Å²) in [4.78, 5) is 41.3. The Morgan fingerprint density at radius 2 is 1.93 bits per heavy atom. The van der Waals surface area contributed by atoms with Crippen LogP contribution in [0.3, 0.4) is 0 Å². The summed E-state index contributed by atoms with van der Waals surface area (Å²) < 4.78 is 37.1. The van der Waals surface area contributed by atoms with E-state index in [4.69, 9.17) is 18.5 Å². The minimum absolute atomic E-state index is 0.0570. The second-order valence-corrected chi connectivity index (χ2v) is 11.7. The van der Waals surface area contributed by atoms with Crippen molar-refractivity contribution in [2.24, 2.45) is 11.0 Å². The average molecular weight is 597 g/mol. The first-order chi connectivity index (χ1) is 19.3. The maximum Gasteiger partial charge on any atom is 0.459 e. The Kier molecular flexibility index (Phi) is 10.5. The predicted molar refractivity (Wildman–Crippen MR) is 144 cm³/mol. The van der Waals surface area contributed by atoms with E-state index in [1.165, 1.54) is 12.1 Å². The number of para-hydroxylation sites is 1. The number of esters is 1. The summed E-state index contributed by atoms with van der Waals surface area (Å²) in [6, 6.07) is 7.68. The normalized spacial score (nSPS) is 24.4. The molecule has 224 valence electrons. The molecular weight excluding hydrogens is 563 g/mol. The molecule has 41 heavy (non-hydrogen) atoms. The molecule has 1 aromatic heterocycles. The number of carbonyl (C=O) groups excluding carboxylic acids is 1. The Balaban J connectivity index is 1.96. The minimum Gasteiger partial charge on any atom is -0.462 e. The molecule has 0 radical (unpaired) electrons. The Bertz CT molecular complexity index is 1410. The van der Waals surface area contributed by atoms with Gasteiger partial charge < -0.3 is 24.2 Å². The smallest absolute Gasteiger partial charge is 0.459 e. The Labute approximate surface area is 234 Å². The third kappa shape index (κ3) is 8.05. The molecule has 2 heterocycles. The largest absolute Gasteiger partial charge is 0.462 e. The van der Waals surface area contributed by atoms with Crippen molar-refractivity contribution >= 4 is 13.7 Å². The summed E-state index contributed by atoms with van der Waals surface area (Å²) in [7, 11) is -4.55. The summed E-state index contributed by atoms with van der Waals surface area (Å²) in [5.74, 6) is -0.685. The molecule has 1 saturated heterocycles. The molecule has 16 nitrogen and oxygen atoms in total. The van der Waals surface area contributed by atoms with Crippen LogP contribution in [0, 0.1) is 5.92 Å².